The van der Waals surface area contributed by atoms with E-state index in [1.807, 2.05) is 41.8 Å². The summed E-state index contributed by atoms with van der Waals surface area (Å²) in [6.07, 6.45) is 6.36. The number of nitrogens with one attached hydrogen (secondary N) is 2. The van der Waals surface area contributed by atoms with E-state index in [2.05, 4.69) is 15.6 Å². The number of hydrogen-bond donors (Lipinski definition) is 3. The van der Waals surface area contributed by atoms with Crippen LogP contribution in [0.25, 0.3) is 10.6 Å². The number of aromatic nitrogens is 1. The minimum absolute atomic E-state index is 0.0284. The SMILES string of the molecule is O=C(Nc1cccc(-c2nccs2)c1)N[C@@H]1C=C[C@H](CO)C1. The maximum Gasteiger partial charge on any atom is 0.319 e. The molecule has 2 amide bonds. The molecule has 0 fully saturated rings. The molecule has 0 unspecified atom stereocenters. The summed E-state index contributed by atoms with van der Waals surface area (Å²) in [7, 11) is 0. The van der Waals surface area contributed by atoms with E-state index in [1.54, 1.807) is 17.5 Å². The van der Waals surface area contributed by atoms with E-state index in [9.17, 15) is 4.79 Å². The molecule has 5 nitrogen and oxygen atoms in total. The van der Waals surface area contributed by atoms with Gasteiger partial charge >= 0.3 is 6.03 Å². The zero-order valence-corrected chi connectivity index (χ0v) is 12.7. The molecule has 1 aliphatic carbocycles. The second-order valence-electron chi connectivity index (χ2n) is 5.19. The number of hydrogen-bond acceptors (Lipinski definition) is 4. The van der Waals surface area contributed by atoms with E-state index in [-0.39, 0.29) is 24.6 Å². The molecule has 3 rings (SSSR count). The third-order valence-corrected chi connectivity index (χ3v) is 4.35. The first-order valence-corrected chi connectivity index (χ1v) is 7.99. The molecule has 22 heavy (non-hydrogen) atoms. The molecular formula is C16H17N3O2S. The number of thiazole rings is 1. The third kappa shape index (κ3) is 3.52. The molecule has 0 radical (unpaired) electrons. The van der Waals surface area contributed by atoms with Crippen LogP contribution in [-0.2, 0) is 0 Å². The number of aliphatic hydroxyl groups is 1. The highest BCUT2D eigenvalue weighted by molar-refractivity contribution is 7.13. The molecule has 1 aromatic carbocycles. The highest BCUT2D eigenvalue weighted by Crippen LogP contribution is 2.24. The summed E-state index contributed by atoms with van der Waals surface area (Å²) in [5.41, 5.74) is 1.71. The van der Waals surface area contributed by atoms with Crippen molar-refractivity contribution in [3.05, 3.63) is 48.0 Å². The maximum absolute atomic E-state index is 12.0. The minimum Gasteiger partial charge on any atom is -0.396 e. The summed E-state index contributed by atoms with van der Waals surface area (Å²) >= 11 is 1.56. The van der Waals surface area contributed by atoms with Crippen molar-refractivity contribution in [1.82, 2.24) is 10.3 Å². The molecule has 2 aromatic rings. The molecule has 3 N–H and O–H groups in total. The van der Waals surface area contributed by atoms with E-state index in [0.29, 0.717) is 0 Å². The van der Waals surface area contributed by atoms with Crippen molar-refractivity contribution in [3.8, 4) is 10.6 Å². The van der Waals surface area contributed by atoms with Crippen LogP contribution in [0, 0.1) is 5.92 Å². The van der Waals surface area contributed by atoms with Crippen LogP contribution in [0.2, 0.25) is 0 Å². The van der Waals surface area contributed by atoms with Gasteiger partial charge in [-0.3, -0.25) is 0 Å². The number of carbonyl (C=O) groups excluding carboxylic acids is 1. The summed E-state index contributed by atoms with van der Waals surface area (Å²) in [5, 5.41) is 17.7. The number of carbonyl (C=O) groups is 1. The molecule has 114 valence electrons. The molecule has 1 aliphatic rings. The standard InChI is InChI=1S/C16H17N3O2S/c20-10-11-4-5-14(8-11)19-16(21)18-13-3-1-2-12(9-13)15-17-6-7-22-15/h1-7,9,11,14,20H,8,10H2,(H2,18,19,21)/t11-,14+/m0/s1. The topological polar surface area (TPSA) is 74.2 Å². The summed E-state index contributed by atoms with van der Waals surface area (Å²) in [4.78, 5) is 16.3. The molecule has 0 aliphatic heterocycles. The minimum atomic E-state index is -0.246. The van der Waals surface area contributed by atoms with E-state index in [0.717, 1.165) is 22.7 Å². The van der Waals surface area contributed by atoms with E-state index >= 15 is 0 Å². The Morgan fingerprint density at radius 1 is 1.41 bits per heavy atom. The smallest absolute Gasteiger partial charge is 0.319 e. The van der Waals surface area contributed by atoms with Crippen molar-refractivity contribution in [3.63, 3.8) is 0 Å². The molecule has 1 aromatic heterocycles. The zero-order valence-electron chi connectivity index (χ0n) is 11.9. The molecular weight excluding hydrogens is 298 g/mol. The average Bonchev–Trinajstić information content (AvgIpc) is 3.18. The molecule has 0 spiro atoms. The molecule has 0 saturated heterocycles. The largest absolute Gasteiger partial charge is 0.396 e. The van der Waals surface area contributed by atoms with Crippen molar-refractivity contribution in [2.24, 2.45) is 5.92 Å². The van der Waals surface area contributed by atoms with Gasteiger partial charge in [0.05, 0.1) is 0 Å². The fourth-order valence-corrected chi connectivity index (χ4v) is 3.08. The van der Waals surface area contributed by atoms with Crippen molar-refractivity contribution in [1.29, 1.82) is 0 Å². The first-order valence-electron chi connectivity index (χ1n) is 7.11. The molecule has 6 heteroatoms. The van der Waals surface area contributed by atoms with Gasteiger partial charge in [-0.25, -0.2) is 9.78 Å². The summed E-state index contributed by atoms with van der Waals surface area (Å²) in [5.74, 6) is 0.138. The number of anilines is 1. The van der Waals surface area contributed by atoms with Gasteiger partial charge < -0.3 is 15.7 Å². The summed E-state index contributed by atoms with van der Waals surface area (Å²) < 4.78 is 0. The third-order valence-electron chi connectivity index (χ3n) is 3.52. The summed E-state index contributed by atoms with van der Waals surface area (Å²) in [6.45, 7) is 0.117. The lowest BCUT2D eigenvalue weighted by atomic mass is 10.1. The van der Waals surface area contributed by atoms with Gasteiger partial charge in [-0.15, -0.1) is 11.3 Å². The van der Waals surface area contributed by atoms with Gasteiger partial charge in [0.15, 0.2) is 0 Å². The van der Waals surface area contributed by atoms with Crippen LogP contribution in [0.1, 0.15) is 6.42 Å². The van der Waals surface area contributed by atoms with Gasteiger partial charge in [0, 0.05) is 41.4 Å². The Hall–Kier alpha value is -2.18. The normalized spacial score (nSPS) is 20.0. The van der Waals surface area contributed by atoms with Crippen LogP contribution >= 0.6 is 11.3 Å². The Balaban J connectivity index is 1.60. The molecule has 0 saturated carbocycles. The maximum atomic E-state index is 12.0. The van der Waals surface area contributed by atoms with Crippen LogP contribution in [0.5, 0.6) is 0 Å². The predicted octanol–water partition coefficient (Wildman–Crippen LogP) is 2.87. The number of nitrogens with zero attached hydrogens (tertiary/aromatic N) is 1. The lowest BCUT2D eigenvalue weighted by molar-refractivity contribution is 0.238. The lowest BCUT2D eigenvalue weighted by Gasteiger charge is -2.14. The second kappa shape index (κ2) is 6.72. The van der Waals surface area contributed by atoms with Crippen LogP contribution in [0.15, 0.2) is 48.0 Å². The quantitative estimate of drug-likeness (QED) is 0.760. The van der Waals surface area contributed by atoms with Crippen LogP contribution < -0.4 is 10.6 Å². The van der Waals surface area contributed by atoms with E-state index < -0.39 is 0 Å². The Morgan fingerprint density at radius 3 is 3.05 bits per heavy atom. The van der Waals surface area contributed by atoms with Crippen LogP contribution in [-0.4, -0.2) is 28.8 Å². The fraction of sp³-hybridized carbons (Fsp3) is 0.250. The molecule has 0 bridgehead atoms. The number of amides is 2. The second-order valence-corrected chi connectivity index (χ2v) is 6.08. The Bertz CT molecular complexity index is 670. The highest BCUT2D eigenvalue weighted by atomic mass is 32.1. The average molecular weight is 315 g/mol. The van der Waals surface area contributed by atoms with Gasteiger partial charge in [-0.05, 0) is 18.6 Å². The van der Waals surface area contributed by atoms with Gasteiger partial charge in [-0.1, -0.05) is 24.3 Å². The van der Waals surface area contributed by atoms with Gasteiger partial charge in [-0.2, -0.15) is 0 Å². The monoisotopic (exact) mass is 315 g/mol. The first kappa shape index (κ1) is 14.7. The number of urea groups is 1. The van der Waals surface area contributed by atoms with E-state index in [4.69, 9.17) is 5.11 Å². The van der Waals surface area contributed by atoms with Gasteiger partial charge in [0.1, 0.15) is 5.01 Å². The lowest BCUT2D eigenvalue weighted by Crippen LogP contribution is -2.36. The van der Waals surface area contributed by atoms with Gasteiger partial charge in [0.25, 0.3) is 0 Å². The van der Waals surface area contributed by atoms with E-state index in [1.165, 1.54) is 0 Å². The van der Waals surface area contributed by atoms with Crippen molar-refractivity contribution >= 4 is 23.1 Å². The molecule has 2 atom stereocenters. The molecule has 1 heterocycles. The van der Waals surface area contributed by atoms with Crippen molar-refractivity contribution in [2.75, 3.05) is 11.9 Å². The van der Waals surface area contributed by atoms with Crippen LogP contribution in [0.3, 0.4) is 0 Å². The van der Waals surface area contributed by atoms with Gasteiger partial charge in [0.2, 0.25) is 0 Å². The Kier molecular flexibility index (Phi) is 4.50. The number of rotatable bonds is 4. The number of aliphatic hydroxyl groups excluding tert-OH is 1. The first-order chi connectivity index (χ1) is 10.7. The highest BCUT2D eigenvalue weighted by Gasteiger charge is 2.19. The summed E-state index contributed by atoms with van der Waals surface area (Å²) in [6, 6.07) is 7.33. The van der Waals surface area contributed by atoms with Crippen molar-refractivity contribution in [2.45, 2.75) is 12.5 Å². The predicted molar refractivity (Wildman–Crippen MR) is 87.8 cm³/mol. The number of benzene rings is 1. The van der Waals surface area contributed by atoms with Crippen LogP contribution in [0.4, 0.5) is 10.5 Å². The Morgan fingerprint density at radius 2 is 2.32 bits per heavy atom. The fourth-order valence-electron chi connectivity index (χ4n) is 2.45. The van der Waals surface area contributed by atoms with Crippen molar-refractivity contribution < 1.29 is 9.90 Å². The Labute approximate surface area is 132 Å². The zero-order chi connectivity index (χ0) is 15.4.